The monoisotopic (exact) mass is 273 g/mol. The van der Waals surface area contributed by atoms with E-state index in [0.29, 0.717) is 0 Å². The number of nitrogens with zero attached hydrogens (tertiary/aromatic N) is 3. The highest BCUT2D eigenvalue weighted by atomic mass is 35.5. The van der Waals surface area contributed by atoms with Crippen LogP contribution in [0.15, 0.2) is 0 Å². The second-order valence-electron chi connectivity index (χ2n) is 3.22. The predicted molar refractivity (Wildman–Crippen MR) is 59.2 cm³/mol. The summed E-state index contributed by atoms with van der Waals surface area (Å²) in [6, 6.07) is 0. The van der Waals surface area contributed by atoms with Gasteiger partial charge in [-0.2, -0.15) is 0 Å². The van der Waals surface area contributed by atoms with Gasteiger partial charge in [-0.3, -0.25) is 19.7 Å². The molecular formula is C9H8ClN3O5. The highest BCUT2D eigenvalue weighted by Crippen LogP contribution is 2.25. The second-order valence-corrected chi connectivity index (χ2v) is 3.58. The summed E-state index contributed by atoms with van der Waals surface area (Å²) in [5.41, 5.74) is -1.07. The Balaban J connectivity index is 3.23. The molecule has 1 aromatic rings. The van der Waals surface area contributed by atoms with Crippen molar-refractivity contribution in [3.8, 4) is 0 Å². The number of hydrogen-bond acceptors (Lipinski definition) is 7. The second kappa shape index (κ2) is 5.50. The van der Waals surface area contributed by atoms with E-state index in [1.54, 1.807) is 0 Å². The van der Waals surface area contributed by atoms with Crippen molar-refractivity contribution in [2.24, 2.45) is 0 Å². The largest absolute Gasteiger partial charge is 0.458 e. The van der Waals surface area contributed by atoms with E-state index in [2.05, 4.69) is 14.7 Å². The van der Waals surface area contributed by atoms with Gasteiger partial charge in [0.05, 0.1) is 4.92 Å². The minimum absolute atomic E-state index is 0.0778. The zero-order valence-electron chi connectivity index (χ0n) is 9.47. The average molecular weight is 274 g/mol. The van der Waals surface area contributed by atoms with Crippen LogP contribution in [-0.2, 0) is 16.1 Å². The number of carbonyl (C=O) groups excluding carboxylic acids is 2. The van der Waals surface area contributed by atoms with E-state index in [1.165, 1.54) is 6.92 Å². The Hall–Kier alpha value is -2.09. The maximum Gasteiger partial charge on any atom is 0.335 e. The van der Waals surface area contributed by atoms with Gasteiger partial charge in [0.15, 0.2) is 23.9 Å². The molecule has 0 unspecified atom stereocenters. The lowest BCUT2D eigenvalue weighted by molar-refractivity contribution is -0.385. The normalized spacial score (nSPS) is 9.94. The van der Waals surface area contributed by atoms with Crippen molar-refractivity contribution in [3.63, 3.8) is 0 Å². The summed E-state index contributed by atoms with van der Waals surface area (Å²) in [5.74, 6) is -1.28. The van der Waals surface area contributed by atoms with Crippen LogP contribution in [0.2, 0.25) is 5.15 Å². The Morgan fingerprint density at radius 2 is 2.00 bits per heavy atom. The number of ketones is 1. The maximum atomic E-state index is 11.3. The van der Waals surface area contributed by atoms with Crippen molar-refractivity contribution in [1.29, 1.82) is 0 Å². The van der Waals surface area contributed by atoms with Gasteiger partial charge < -0.3 is 4.74 Å². The summed E-state index contributed by atoms with van der Waals surface area (Å²) in [4.78, 5) is 39.0. The molecule has 0 atom stereocenters. The van der Waals surface area contributed by atoms with Crippen LogP contribution in [-0.4, -0.2) is 26.6 Å². The Morgan fingerprint density at radius 3 is 2.44 bits per heavy atom. The quantitative estimate of drug-likeness (QED) is 0.267. The van der Waals surface area contributed by atoms with Crippen molar-refractivity contribution < 1.29 is 19.2 Å². The molecule has 9 heteroatoms. The van der Waals surface area contributed by atoms with Gasteiger partial charge in [-0.05, 0) is 0 Å². The highest BCUT2D eigenvalue weighted by Gasteiger charge is 2.26. The molecule has 1 rings (SSSR count). The first-order valence-corrected chi connectivity index (χ1v) is 5.05. The summed E-state index contributed by atoms with van der Waals surface area (Å²) < 4.78 is 4.61. The lowest BCUT2D eigenvalue weighted by Gasteiger charge is -2.04. The number of Topliss-reactive ketones (excluding diaryl/α,β-unsaturated/α-hetero) is 1. The number of nitro groups is 1. The third-order valence-electron chi connectivity index (χ3n) is 1.81. The van der Waals surface area contributed by atoms with Gasteiger partial charge in [-0.15, -0.1) is 0 Å². The summed E-state index contributed by atoms with van der Waals surface area (Å²) in [6.07, 6.45) is 0. The lowest BCUT2D eigenvalue weighted by Crippen LogP contribution is -2.11. The summed E-state index contributed by atoms with van der Waals surface area (Å²) >= 11 is 5.60. The number of hydrogen-bond donors (Lipinski definition) is 0. The standard InChI is InChI=1S/C9H8ClN3O5/c1-4(14)7-8(13(16)17)9(10)12-6(11-7)3-18-5(2)15/h3H2,1-2H3. The minimum atomic E-state index is -0.839. The molecular weight excluding hydrogens is 266 g/mol. The van der Waals surface area contributed by atoms with Crippen molar-refractivity contribution in [3.05, 3.63) is 26.8 Å². The Labute approximate surface area is 106 Å². The predicted octanol–water partition coefficient (Wildman–Crippen LogP) is 1.30. The van der Waals surface area contributed by atoms with E-state index in [1.807, 2.05) is 0 Å². The molecule has 1 heterocycles. The molecule has 0 saturated heterocycles. The Bertz CT molecular complexity index is 531. The van der Waals surface area contributed by atoms with Crippen LogP contribution in [0.4, 0.5) is 5.69 Å². The molecule has 0 aromatic carbocycles. The van der Waals surface area contributed by atoms with Crippen molar-refractivity contribution in [1.82, 2.24) is 9.97 Å². The number of aromatic nitrogens is 2. The van der Waals surface area contributed by atoms with Gasteiger partial charge in [0.1, 0.15) is 0 Å². The first-order valence-electron chi connectivity index (χ1n) is 4.68. The molecule has 96 valence electrons. The van der Waals surface area contributed by atoms with E-state index in [4.69, 9.17) is 11.6 Å². The lowest BCUT2D eigenvalue weighted by atomic mass is 10.2. The molecule has 18 heavy (non-hydrogen) atoms. The molecule has 0 saturated carbocycles. The molecule has 0 spiro atoms. The number of rotatable bonds is 4. The van der Waals surface area contributed by atoms with E-state index >= 15 is 0 Å². The van der Waals surface area contributed by atoms with Gasteiger partial charge in [0, 0.05) is 13.8 Å². The smallest absolute Gasteiger partial charge is 0.335 e. The van der Waals surface area contributed by atoms with Crippen LogP contribution in [0.5, 0.6) is 0 Å². The molecule has 0 fully saturated rings. The molecule has 1 aromatic heterocycles. The SMILES string of the molecule is CC(=O)OCc1nc(Cl)c([N+](=O)[O-])c(C(C)=O)n1. The first kappa shape index (κ1) is 14.0. The molecule has 0 bridgehead atoms. The summed E-state index contributed by atoms with van der Waals surface area (Å²) in [6.45, 7) is 1.98. The van der Waals surface area contributed by atoms with E-state index in [9.17, 15) is 19.7 Å². The molecule has 8 nitrogen and oxygen atoms in total. The highest BCUT2D eigenvalue weighted by molar-refractivity contribution is 6.32. The number of ether oxygens (including phenoxy) is 1. The van der Waals surface area contributed by atoms with Crippen LogP contribution in [0, 0.1) is 10.1 Å². The molecule has 0 aliphatic carbocycles. The van der Waals surface area contributed by atoms with Crippen LogP contribution in [0.25, 0.3) is 0 Å². The van der Waals surface area contributed by atoms with Gasteiger partial charge in [0.2, 0.25) is 5.15 Å². The topological polar surface area (TPSA) is 112 Å². The zero-order chi connectivity index (χ0) is 13.9. The first-order chi connectivity index (χ1) is 8.32. The Kier molecular flexibility index (Phi) is 4.27. The third-order valence-corrected chi connectivity index (χ3v) is 2.07. The van der Waals surface area contributed by atoms with E-state index in [-0.39, 0.29) is 12.4 Å². The van der Waals surface area contributed by atoms with Crippen LogP contribution in [0.3, 0.4) is 0 Å². The van der Waals surface area contributed by atoms with Gasteiger partial charge in [-0.25, -0.2) is 9.97 Å². The average Bonchev–Trinajstić information content (AvgIpc) is 2.24. The van der Waals surface area contributed by atoms with Crippen LogP contribution in [0.1, 0.15) is 30.2 Å². The van der Waals surface area contributed by atoms with Crippen molar-refractivity contribution in [2.45, 2.75) is 20.5 Å². The van der Waals surface area contributed by atoms with Crippen molar-refractivity contribution in [2.75, 3.05) is 0 Å². The molecule has 0 radical (unpaired) electrons. The number of esters is 1. The maximum absolute atomic E-state index is 11.3. The molecule has 0 N–H and O–H groups in total. The minimum Gasteiger partial charge on any atom is -0.458 e. The molecule has 0 amide bonds. The third kappa shape index (κ3) is 3.20. The van der Waals surface area contributed by atoms with Gasteiger partial charge >= 0.3 is 11.7 Å². The fourth-order valence-electron chi connectivity index (χ4n) is 1.11. The van der Waals surface area contributed by atoms with Crippen LogP contribution < -0.4 is 0 Å². The van der Waals surface area contributed by atoms with Crippen LogP contribution >= 0.6 is 11.6 Å². The fourth-order valence-corrected chi connectivity index (χ4v) is 1.37. The number of halogens is 1. The summed E-state index contributed by atoms with van der Waals surface area (Å²) in [5, 5.41) is 10.3. The fraction of sp³-hybridized carbons (Fsp3) is 0.333. The molecule has 0 aliphatic rings. The zero-order valence-corrected chi connectivity index (χ0v) is 10.2. The van der Waals surface area contributed by atoms with E-state index in [0.717, 1.165) is 6.92 Å². The number of carbonyl (C=O) groups is 2. The Morgan fingerprint density at radius 1 is 1.39 bits per heavy atom. The van der Waals surface area contributed by atoms with E-state index < -0.39 is 33.2 Å². The van der Waals surface area contributed by atoms with Crippen molar-refractivity contribution >= 4 is 29.0 Å². The van der Waals surface area contributed by atoms with Gasteiger partial charge in [0.25, 0.3) is 0 Å². The van der Waals surface area contributed by atoms with Gasteiger partial charge in [-0.1, -0.05) is 11.6 Å². The summed E-state index contributed by atoms with van der Waals surface area (Å²) in [7, 11) is 0. The molecule has 0 aliphatic heterocycles.